The molecule has 1 unspecified atom stereocenters. The van der Waals surface area contributed by atoms with Gasteiger partial charge in [-0.25, -0.2) is 0 Å². The lowest BCUT2D eigenvalue weighted by atomic mass is 9.85. The topological polar surface area (TPSA) is 82.1 Å². The molecule has 7 nitrogen and oxygen atoms in total. The lowest BCUT2D eigenvalue weighted by Crippen LogP contribution is -2.34. The Morgan fingerprint density at radius 3 is 2.67 bits per heavy atom. The first-order chi connectivity index (χ1) is 11.1. The van der Waals surface area contributed by atoms with Crippen LogP contribution >= 0.6 is 11.8 Å². The number of nitrogens with zero attached hydrogens (tertiary/aromatic N) is 1. The summed E-state index contributed by atoms with van der Waals surface area (Å²) in [5.74, 6) is 0.284. The molecule has 0 amide bonds. The number of hydrogen-bond acceptors (Lipinski definition) is 6. The molecule has 134 valence electrons. The van der Waals surface area contributed by atoms with Gasteiger partial charge in [-0.3, -0.25) is 4.79 Å². The van der Waals surface area contributed by atoms with E-state index in [4.69, 9.17) is 25.4 Å². The van der Waals surface area contributed by atoms with Gasteiger partial charge in [0.2, 0.25) is 6.29 Å². The molecule has 1 heterocycles. The molecule has 1 aliphatic rings. The van der Waals surface area contributed by atoms with Gasteiger partial charge in [-0.05, 0) is 57.7 Å². The van der Waals surface area contributed by atoms with Gasteiger partial charge >= 0.3 is 10.3 Å². The highest BCUT2D eigenvalue weighted by atomic mass is 35.5. The van der Waals surface area contributed by atoms with Crippen molar-refractivity contribution in [1.29, 1.82) is 0 Å². The van der Waals surface area contributed by atoms with Gasteiger partial charge in [0.1, 0.15) is 17.3 Å². The number of Topliss-reactive ketones (excluding diaryl/α,β-unsaturated/α-hetero) is 1. The molecule has 1 aromatic carbocycles. The van der Waals surface area contributed by atoms with Crippen molar-refractivity contribution >= 4 is 27.9 Å². The van der Waals surface area contributed by atoms with Crippen molar-refractivity contribution in [2.75, 3.05) is 13.2 Å². The zero-order valence-corrected chi connectivity index (χ0v) is 15.5. The van der Waals surface area contributed by atoms with E-state index in [1.807, 2.05) is 20.8 Å². The van der Waals surface area contributed by atoms with Gasteiger partial charge in [-0.15, -0.1) is 0 Å². The third-order valence-corrected chi connectivity index (χ3v) is 5.22. The molecule has 0 fully saturated rings. The second-order valence-corrected chi connectivity index (χ2v) is 8.05. The molecule has 0 saturated heterocycles. The zero-order valence-electron chi connectivity index (χ0n) is 13.9. The highest BCUT2D eigenvalue weighted by Crippen LogP contribution is 2.44. The van der Waals surface area contributed by atoms with E-state index in [-0.39, 0.29) is 5.75 Å². The van der Waals surface area contributed by atoms with Gasteiger partial charge < -0.3 is 13.7 Å². The number of ether oxygens (including phenoxy) is 2. The Morgan fingerprint density at radius 2 is 2.08 bits per heavy atom. The third kappa shape index (κ3) is 3.83. The summed E-state index contributed by atoms with van der Waals surface area (Å²) in [6, 6.07) is 4.65. The fraction of sp³-hybridized carbons (Fsp3) is 0.533. The number of ketones is 1. The maximum atomic E-state index is 12.0. The molecule has 0 aliphatic carbocycles. The highest BCUT2D eigenvalue weighted by molar-refractivity contribution is 7.85. The van der Waals surface area contributed by atoms with E-state index in [9.17, 15) is 13.2 Å². The van der Waals surface area contributed by atoms with E-state index in [0.717, 1.165) is 5.56 Å². The summed E-state index contributed by atoms with van der Waals surface area (Å²) in [5.41, 5.74) is 0.287. The van der Waals surface area contributed by atoms with Crippen LogP contribution < -0.4 is 8.92 Å². The number of fused-ring (bicyclic) bond motifs is 1. The van der Waals surface area contributed by atoms with E-state index in [0.29, 0.717) is 16.2 Å². The molecule has 0 aromatic heterocycles. The van der Waals surface area contributed by atoms with Crippen LogP contribution in [0.2, 0.25) is 0 Å². The molecular weight excluding hydrogens is 358 g/mol. The van der Waals surface area contributed by atoms with E-state index in [2.05, 4.69) is 0 Å². The molecule has 1 aliphatic heterocycles. The van der Waals surface area contributed by atoms with Crippen molar-refractivity contribution in [2.24, 2.45) is 0 Å². The second kappa shape index (κ2) is 6.87. The van der Waals surface area contributed by atoms with Gasteiger partial charge in [0.25, 0.3) is 0 Å². The van der Waals surface area contributed by atoms with Gasteiger partial charge in [0.15, 0.2) is 0 Å². The maximum Gasteiger partial charge on any atom is 0.399 e. The fourth-order valence-corrected chi connectivity index (χ4v) is 3.39. The molecule has 1 aromatic rings. The summed E-state index contributed by atoms with van der Waals surface area (Å²) in [5, 5.41) is 0. The molecule has 0 spiro atoms. The van der Waals surface area contributed by atoms with Crippen LogP contribution in [0, 0.1) is 0 Å². The second-order valence-electron chi connectivity index (χ2n) is 5.97. The van der Waals surface area contributed by atoms with Crippen LogP contribution in [0.25, 0.3) is 0 Å². The molecule has 9 heteroatoms. The monoisotopic (exact) mass is 377 g/mol. The molecule has 0 bridgehead atoms. The number of hydrogen-bond donors (Lipinski definition) is 0. The van der Waals surface area contributed by atoms with Crippen LogP contribution in [-0.4, -0.2) is 37.5 Å². The molecule has 0 radical (unpaired) electrons. The molecule has 0 saturated carbocycles. The van der Waals surface area contributed by atoms with Crippen LogP contribution in [-0.2, 0) is 25.3 Å². The number of benzene rings is 1. The first-order valence-electron chi connectivity index (χ1n) is 7.38. The van der Waals surface area contributed by atoms with Crippen molar-refractivity contribution < 1.29 is 26.9 Å². The summed E-state index contributed by atoms with van der Waals surface area (Å²) >= 11 is 5.61. The van der Waals surface area contributed by atoms with Crippen molar-refractivity contribution in [3.8, 4) is 11.5 Å². The van der Waals surface area contributed by atoms with Gasteiger partial charge in [-0.1, -0.05) is 3.82 Å². The highest BCUT2D eigenvalue weighted by Gasteiger charge is 2.42. The lowest BCUT2D eigenvalue weighted by Gasteiger charge is -2.25. The molecule has 1 atom stereocenters. The Kier molecular flexibility index (Phi) is 5.44. The smallest absolute Gasteiger partial charge is 0.399 e. The lowest BCUT2D eigenvalue weighted by molar-refractivity contribution is -0.116. The number of carbonyl (C=O) groups excluding carboxylic acids is 1. The average Bonchev–Trinajstić information content (AvgIpc) is 2.70. The van der Waals surface area contributed by atoms with Crippen molar-refractivity contribution in [1.82, 2.24) is 3.82 Å². The maximum absolute atomic E-state index is 12.0. The Hall–Kier alpha value is -1.35. The number of halogens is 1. The van der Waals surface area contributed by atoms with E-state index >= 15 is 0 Å². The van der Waals surface area contributed by atoms with Crippen molar-refractivity contribution in [2.45, 2.75) is 39.4 Å². The van der Waals surface area contributed by atoms with Crippen molar-refractivity contribution in [3.05, 3.63) is 23.8 Å². The predicted molar refractivity (Wildman–Crippen MR) is 88.3 cm³/mol. The predicted octanol–water partition coefficient (Wildman–Crippen LogP) is 2.39. The fourth-order valence-electron chi connectivity index (χ4n) is 2.37. The van der Waals surface area contributed by atoms with E-state index in [1.165, 1.54) is 13.0 Å². The van der Waals surface area contributed by atoms with Crippen LogP contribution in [0.3, 0.4) is 0 Å². The first-order valence-corrected chi connectivity index (χ1v) is 9.08. The minimum absolute atomic E-state index is 0.0803. The SMILES string of the molecule is CCOC1Oc2ccc(OS(=O)(=O)N(Cl)CC(C)=O)cc2C1(C)C. The molecular formula is C15H20ClNO6S. The zero-order chi connectivity index (χ0) is 18.1. The van der Waals surface area contributed by atoms with Gasteiger partial charge in [-0.2, -0.15) is 8.42 Å². The summed E-state index contributed by atoms with van der Waals surface area (Å²) in [4.78, 5) is 11.0. The van der Waals surface area contributed by atoms with Crippen LogP contribution in [0.5, 0.6) is 11.5 Å². The van der Waals surface area contributed by atoms with Crippen molar-refractivity contribution in [3.63, 3.8) is 0 Å². The molecule has 0 N–H and O–H groups in total. The minimum Gasteiger partial charge on any atom is -0.464 e. The molecule has 24 heavy (non-hydrogen) atoms. The number of carbonyl (C=O) groups is 1. The number of rotatable bonds is 7. The quantitative estimate of drug-likeness (QED) is 0.678. The first kappa shape index (κ1) is 19.0. The van der Waals surface area contributed by atoms with Gasteiger partial charge in [0.05, 0.1) is 12.0 Å². The Morgan fingerprint density at radius 1 is 1.42 bits per heavy atom. The Balaban J connectivity index is 2.25. The Bertz CT molecular complexity index is 733. The normalized spacial score (nSPS) is 19.0. The standard InChI is InChI=1S/C15H20ClNO6S/c1-5-21-14-15(3,4)12-8-11(6-7-13(12)22-14)23-24(19,20)17(16)9-10(2)18/h6-8,14H,5,9H2,1-4H3. The largest absolute Gasteiger partial charge is 0.464 e. The van der Waals surface area contributed by atoms with Crippen LogP contribution in [0.4, 0.5) is 0 Å². The minimum atomic E-state index is -4.28. The van der Waals surface area contributed by atoms with E-state index < -0.39 is 34.3 Å². The average molecular weight is 378 g/mol. The van der Waals surface area contributed by atoms with Crippen LogP contribution in [0.15, 0.2) is 18.2 Å². The Labute approximate surface area is 146 Å². The van der Waals surface area contributed by atoms with Gasteiger partial charge in [0, 0.05) is 12.2 Å². The summed E-state index contributed by atoms with van der Waals surface area (Å²) < 4.78 is 40.7. The molecule has 2 rings (SSSR count). The van der Waals surface area contributed by atoms with Crippen LogP contribution in [0.1, 0.15) is 33.3 Å². The summed E-state index contributed by atoms with van der Waals surface area (Å²) in [6.07, 6.45) is -0.466. The summed E-state index contributed by atoms with van der Waals surface area (Å²) in [7, 11) is -4.28. The van der Waals surface area contributed by atoms with E-state index in [1.54, 1.807) is 12.1 Å². The summed E-state index contributed by atoms with van der Waals surface area (Å²) in [6.45, 7) is 6.98. The third-order valence-electron chi connectivity index (χ3n) is 3.58.